The molecule has 2 fully saturated rings. The molecule has 0 aromatic rings. The van der Waals surface area contributed by atoms with E-state index in [1.807, 2.05) is 13.8 Å². The first kappa shape index (κ1) is 16.0. The maximum Gasteiger partial charge on any atom is 0.00127 e. The van der Waals surface area contributed by atoms with Gasteiger partial charge in [0.25, 0.3) is 0 Å². The van der Waals surface area contributed by atoms with Crippen molar-refractivity contribution in [3.8, 4) is 0 Å². The molecule has 1 atom stereocenters. The Labute approximate surface area is 115 Å². The molecule has 0 amide bonds. The summed E-state index contributed by atoms with van der Waals surface area (Å²) in [5, 5.41) is 0. The van der Waals surface area contributed by atoms with E-state index >= 15 is 0 Å². The molecular formula is C16H34N2. The summed E-state index contributed by atoms with van der Waals surface area (Å²) in [7, 11) is 2.25. The van der Waals surface area contributed by atoms with E-state index in [0.29, 0.717) is 0 Å². The van der Waals surface area contributed by atoms with Crippen LogP contribution in [-0.2, 0) is 0 Å². The van der Waals surface area contributed by atoms with Crippen LogP contribution < -0.4 is 0 Å². The first-order valence-corrected chi connectivity index (χ1v) is 8.06. The number of likely N-dealkylation sites (tertiary alicyclic amines) is 2. The van der Waals surface area contributed by atoms with E-state index in [1.165, 1.54) is 52.0 Å². The van der Waals surface area contributed by atoms with Crippen molar-refractivity contribution in [1.82, 2.24) is 9.80 Å². The molecule has 2 aliphatic heterocycles. The van der Waals surface area contributed by atoms with Crippen molar-refractivity contribution in [2.75, 3.05) is 39.8 Å². The largest absolute Gasteiger partial charge is 0.306 e. The lowest BCUT2D eigenvalue weighted by molar-refractivity contribution is 0.171. The second-order valence-electron chi connectivity index (χ2n) is 6.30. The van der Waals surface area contributed by atoms with Gasteiger partial charge in [-0.1, -0.05) is 27.7 Å². The zero-order valence-corrected chi connectivity index (χ0v) is 13.3. The lowest BCUT2D eigenvalue weighted by Crippen LogP contribution is -2.36. The Morgan fingerprint density at radius 2 is 1.61 bits per heavy atom. The number of rotatable bonds is 3. The van der Waals surface area contributed by atoms with Crippen molar-refractivity contribution in [2.45, 2.75) is 47.0 Å². The molecule has 0 bridgehead atoms. The van der Waals surface area contributed by atoms with Gasteiger partial charge in [-0.15, -0.1) is 0 Å². The average molecular weight is 254 g/mol. The smallest absolute Gasteiger partial charge is 0.00127 e. The molecule has 2 rings (SSSR count). The van der Waals surface area contributed by atoms with Crippen molar-refractivity contribution >= 4 is 0 Å². The number of hydrogen-bond donors (Lipinski definition) is 0. The molecular weight excluding hydrogens is 220 g/mol. The standard InChI is InChI=1S/C14H28N2.C2H6/c1-12(2)14-6-9-16(11-14)10-13-4-7-15(3)8-5-13;1-2/h12-14H,4-11H2,1-3H3;1-2H3. The van der Waals surface area contributed by atoms with Crippen LogP contribution in [0.3, 0.4) is 0 Å². The fourth-order valence-corrected chi connectivity index (χ4v) is 3.18. The van der Waals surface area contributed by atoms with Gasteiger partial charge in [0.1, 0.15) is 0 Å². The Morgan fingerprint density at radius 3 is 2.11 bits per heavy atom. The van der Waals surface area contributed by atoms with Crippen LogP contribution in [0.1, 0.15) is 47.0 Å². The summed E-state index contributed by atoms with van der Waals surface area (Å²) >= 11 is 0. The summed E-state index contributed by atoms with van der Waals surface area (Å²) in [5.41, 5.74) is 0. The Balaban J connectivity index is 0.000000771. The monoisotopic (exact) mass is 254 g/mol. The molecule has 2 nitrogen and oxygen atoms in total. The van der Waals surface area contributed by atoms with Gasteiger partial charge in [0.15, 0.2) is 0 Å². The van der Waals surface area contributed by atoms with Gasteiger partial charge in [0, 0.05) is 13.1 Å². The van der Waals surface area contributed by atoms with Gasteiger partial charge in [0.2, 0.25) is 0 Å². The second-order valence-corrected chi connectivity index (χ2v) is 6.30. The zero-order valence-electron chi connectivity index (χ0n) is 13.3. The predicted molar refractivity (Wildman–Crippen MR) is 81.0 cm³/mol. The molecule has 1 unspecified atom stereocenters. The van der Waals surface area contributed by atoms with E-state index in [2.05, 4.69) is 30.7 Å². The van der Waals surface area contributed by atoms with E-state index in [-0.39, 0.29) is 0 Å². The fourth-order valence-electron chi connectivity index (χ4n) is 3.18. The van der Waals surface area contributed by atoms with Crippen molar-refractivity contribution in [2.24, 2.45) is 17.8 Å². The third kappa shape index (κ3) is 4.89. The van der Waals surface area contributed by atoms with Crippen molar-refractivity contribution in [1.29, 1.82) is 0 Å². The van der Waals surface area contributed by atoms with E-state index < -0.39 is 0 Å². The highest BCUT2D eigenvalue weighted by Gasteiger charge is 2.27. The molecule has 0 saturated carbocycles. The third-order valence-electron chi connectivity index (χ3n) is 4.61. The van der Waals surface area contributed by atoms with Crippen LogP contribution in [-0.4, -0.2) is 49.6 Å². The second kappa shape index (κ2) is 8.16. The molecule has 2 heterocycles. The number of hydrogen-bond acceptors (Lipinski definition) is 2. The molecule has 18 heavy (non-hydrogen) atoms. The molecule has 2 aliphatic rings. The Kier molecular flexibility index (Phi) is 7.25. The molecule has 108 valence electrons. The normalized spacial score (nSPS) is 27.3. The number of nitrogens with zero attached hydrogens (tertiary/aromatic N) is 2. The minimum absolute atomic E-state index is 0.877. The van der Waals surface area contributed by atoms with Crippen LogP contribution in [0, 0.1) is 17.8 Å². The molecule has 2 saturated heterocycles. The maximum atomic E-state index is 2.72. The molecule has 2 heteroatoms. The van der Waals surface area contributed by atoms with E-state index in [9.17, 15) is 0 Å². The lowest BCUT2D eigenvalue weighted by atomic mass is 9.95. The summed E-state index contributed by atoms with van der Waals surface area (Å²) < 4.78 is 0. The minimum atomic E-state index is 0.877. The molecule has 0 radical (unpaired) electrons. The fraction of sp³-hybridized carbons (Fsp3) is 1.00. The Hall–Kier alpha value is -0.0800. The van der Waals surface area contributed by atoms with Crippen molar-refractivity contribution < 1.29 is 0 Å². The van der Waals surface area contributed by atoms with Crippen LogP contribution in [0.4, 0.5) is 0 Å². The average Bonchev–Trinajstić information content (AvgIpc) is 2.83. The first-order chi connectivity index (χ1) is 8.65. The first-order valence-electron chi connectivity index (χ1n) is 8.06. The summed E-state index contributed by atoms with van der Waals surface area (Å²) in [5.74, 6) is 2.82. The minimum Gasteiger partial charge on any atom is -0.306 e. The lowest BCUT2D eigenvalue weighted by Gasteiger charge is -2.31. The SMILES string of the molecule is CC.CC(C)C1CCN(CC2CCN(C)CC2)C1. The van der Waals surface area contributed by atoms with E-state index in [1.54, 1.807) is 0 Å². The van der Waals surface area contributed by atoms with Crippen molar-refractivity contribution in [3.63, 3.8) is 0 Å². The van der Waals surface area contributed by atoms with Gasteiger partial charge in [-0.25, -0.2) is 0 Å². The van der Waals surface area contributed by atoms with E-state index in [0.717, 1.165) is 17.8 Å². The Morgan fingerprint density at radius 1 is 1.00 bits per heavy atom. The molecule has 0 N–H and O–H groups in total. The molecule has 0 aliphatic carbocycles. The third-order valence-corrected chi connectivity index (χ3v) is 4.61. The van der Waals surface area contributed by atoms with E-state index in [4.69, 9.17) is 0 Å². The van der Waals surface area contributed by atoms with Crippen LogP contribution in [0.15, 0.2) is 0 Å². The maximum absolute atomic E-state index is 2.72. The summed E-state index contributed by atoms with van der Waals surface area (Å²) in [4.78, 5) is 5.19. The van der Waals surface area contributed by atoms with Crippen LogP contribution in [0.2, 0.25) is 0 Å². The van der Waals surface area contributed by atoms with Gasteiger partial charge in [0.05, 0.1) is 0 Å². The predicted octanol–water partition coefficient (Wildman–Crippen LogP) is 3.33. The highest BCUT2D eigenvalue weighted by molar-refractivity contribution is 4.81. The van der Waals surface area contributed by atoms with Crippen LogP contribution in [0.5, 0.6) is 0 Å². The van der Waals surface area contributed by atoms with Crippen LogP contribution in [0.25, 0.3) is 0 Å². The zero-order chi connectivity index (χ0) is 13.5. The summed E-state index contributed by atoms with van der Waals surface area (Å²) in [6.07, 6.45) is 4.27. The number of piperidine rings is 1. The highest BCUT2D eigenvalue weighted by Crippen LogP contribution is 2.26. The molecule has 0 aromatic carbocycles. The summed E-state index contributed by atoms with van der Waals surface area (Å²) in [6.45, 7) is 15.5. The summed E-state index contributed by atoms with van der Waals surface area (Å²) in [6, 6.07) is 0. The quantitative estimate of drug-likeness (QED) is 0.762. The highest BCUT2D eigenvalue weighted by atomic mass is 15.2. The molecule has 0 aromatic heterocycles. The Bertz CT molecular complexity index is 207. The van der Waals surface area contributed by atoms with Crippen LogP contribution >= 0.6 is 0 Å². The van der Waals surface area contributed by atoms with Crippen molar-refractivity contribution in [3.05, 3.63) is 0 Å². The molecule has 0 spiro atoms. The van der Waals surface area contributed by atoms with Gasteiger partial charge in [-0.2, -0.15) is 0 Å². The van der Waals surface area contributed by atoms with Gasteiger partial charge >= 0.3 is 0 Å². The van der Waals surface area contributed by atoms with Gasteiger partial charge < -0.3 is 9.80 Å². The van der Waals surface area contributed by atoms with Gasteiger partial charge in [-0.05, 0) is 63.7 Å². The topological polar surface area (TPSA) is 6.48 Å². The van der Waals surface area contributed by atoms with Gasteiger partial charge in [-0.3, -0.25) is 0 Å².